The summed E-state index contributed by atoms with van der Waals surface area (Å²) >= 11 is 0. The van der Waals surface area contributed by atoms with Crippen LogP contribution in [0.1, 0.15) is 21.6 Å². The van der Waals surface area contributed by atoms with Gasteiger partial charge in [-0.15, -0.1) is 0 Å². The van der Waals surface area contributed by atoms with E-state index in [1.54, 1.807) is 16.9 Å². The number of hydrogen-bond acceptors (Lipinski definition) is 4. The Hall–Kier alpha value is -3.02. The lowest BCUT2D eigenvalue weighted by Crippen LogP contribution is -2.35. The van der Waals surface area contributed by atoms with Crippen LogP contribution in [0.3, 0.4) is 0 Å². The van der Waals surface area contributed by atoms with E-state index in [1.165, 1.54) is 5.56 Å². The molecule has 4 rings (SSSR count). The maximum absolute atomic E-state index is 11.9. The second kappa shape index (κ2) is 5.56. The average molecular weight is 319 g/mol. The Bertz CT molecular complexity index is 944. The van der Waals surface area contributed by atoms with E-state index in [1.807, 2.05) is 13.0 Å². The molecular formula is C18H17N5O. The van der Waals surface area contributed by atoms with Crippen molar-refractivity contribution in [3.8, 4) is 22.8 Å². The van der Waals surface area contributed by atoms with Gasteiger partial charge < -0.3 is 5.32 Å². The van der Waals surface area contributed by atoms with Crippen molar-refractivity contribution in [3.05, 3.63) is 53.3 Å². The number of amides is 1. The van der Waals surface area contributed by atoms with E-state index >= 15 is 0 Å². The molecule has 24 heavy (non-hydrogen) atoms. The van der Waals surface area contributed by atoms with E-state index in [0.29, 0.717) is 30.3 Å². The summed E-state index contributed by atoms with van der Waals surface area (Å²) in [5.74, 6) is 0.577. The minimum absolute atomic E-state index is 0.0937. The quantitative estimate of drug-likeness (QED) is 0.787. The zero-order valence-corrected chi connectivity index (χ0v) is 13.6. The minimum atomic E-state index is -0.0937. The summed E-state index contributed by atoms with van der Waals surface area (Å²) < 4.78 is 1.73. The van der Waals surface area contributed by atoms with Crippen molar-refractivity contribution >= 4 is 5.91 Å². The third kappa shape index (κ3) is 2.46. The van der Waals surface area contributed by atoms with E-state index < -0.39 is 0 Å². The predicted molar refractivity (Wildman–Crippen MR) is 90.5 cm³/mol. The van der Waals surface area contributed by atoms with Gasteiger partial charge in [-0.1, -0.05) is 17.7 Å². The van der Waals surface area contributed by atoms with Gasteiger partial charge in [0.25, 0.3) is 5.91 Å². The zero-order valence-electron chi connectivity index (χ0n) is 13.6. The topological polar surface area (TPSA) is 72.7 Å². The van der Waals surface area contributed by atoms with Gasteiger partial charge >= 0.3 is 0 Å². The van der Waals surface area contributed by atoms with Crippen LogP contribution in [0.2, 0.25) is 0 Å². The molecule has 0 unspecified atom stereocenters. The third-order valence-corrected chi connectivity index (χ3v) is 4.17. The number of fused-ring (bicyclic) bond motifs is 1. The Balaban J connectivity index is 1.78. The monoisotopic (exact) mass is 319 g/mol. The van der Waals surface area contributed by atoms with Crippen LogP contribution in [0.5, 0.6) is 0 Å². The van der Waals surface area contributed by atoms with E-state index in [9.17, 15) is 4.79 Å². The summed E-state index contributed by atoms with van der Waals surface area (Å²) in [7, 11) is 0. The molecule has 0 radical (unpaired) electrons. The van der Waals surface area contributed by atoms with Crippen LogP contribution >= 0.6 is 0 Å². The van der Waals surface area contributed by atoms with Crippen molar-refractivity contribution in [1.29, 1.82) is 0 Å². The van der Waals surface area contributed by atoms with E-state index in [-0.39, 0.29) is 5.91 Å². The van der Waals surface area contributed by atoms with Crippen LogP contribution in [-0.4, -0.2) is 32.2 Å². The number of carbonyl (C=O) groups is 1. The standard InChI is InChI=1S/C18H17N5O/c1-11-3-4-12(2)13(9-11)17-19-6-5-14(21-17)15-10-16-18(24)20-7-8-23(16)22-15/h3-6,9-10H,7-8H2,1-2H3,(H,20,24). The highest BCUT2D eigenvalue weighted by molar-refractivity contribution is 5.94. The summed E-state index contributed by atoms with van der Waals surface area (Å²) in [6, 6.07) is 9.83. The molecule has 1 amide bonds. The number of nitrogens with one attached hydrogen (secondary N) is 1. The van der Waals surface area contributed by atoms with Gasteiger partial charge in [-0.25, -0.2) is 9.97 Å². The zero-order chi connectivity index (χ0) is 16.7. The normalized spacial score (nSPS) is 13.5. The largest absolute Gasteiger partial charge is 0.349 e. The molecule has 120 valence electrons. The number of carbonyl (C=O) groups excluding carboxylic acids is 1. The maximum atomic E-state index is 11.9. The first kappa shape index (κ1) is 14.6. The Morgan fingerprint density at radius 2 is 2.00 bits per heavy atom. The van der Waals surface area contributed by atoms with Crippen molar-refractivity contribution in [1.82, 2.24) is 25.1 Å². The molecule has 1 aromatic carbocycles. The number of nitrogens with zero attached hydrogens (tertiary/aromatic N) is 4. The summed E-state index contributed by atoms with van der Waals surface area (Å²) in [5.41, 5.74) is 5.29. The Morgan fingerprint density at radius 1 is 1.12 bits per heavy atom. The average Bonchev–Trinajstić information content (AvgIpc) is 3.03. The molecule has 0 fully saturated rings. The van der Waals surface area contributed by atoms with Crippen molar-refractivity contribution in [2.24, 2.45) is 0 Å². The molecule has 1 N–H and O–H groups in total. The molecule has 1 aliphatic heterocycles. The number of rotatable bonds is 2. The molecule has 0 aliphatic carbocycles. The fourth-order valence-corrected chi connectivity index (χ4v) is 2.87. The van der Waals surface area contributed by atoms with Gasteiger partial charge in [0.15, 0.2) is 5.82 Å². The highest BCUT2D eigenvalue weighted by Gasteiger charge is 2.20. The van der Waals surface area contributed by atoms with Gasteiger partial charge in [0.05, 0.1) is 12.2 Å². The molecule has 0 atom stereocenters. The second-order valence-electron chi connectivity index (χ2n) is 5.98. The number of benzene rings is 1. The van der Waals surface area contributed by atoms with Crippen LogP contribution in [0.15, 0.2) is 36.5 Å². The first-order valence-electron chi connectivity index (χ1n) is 7.89. The van der Waals surface area contributed by atoms with Crippen molar-refractivity contribution < 1.29 is 4.79 Å². The minimum Gasteiger partial charge on any atom is -0.349 e. The molecule has 6 nitrogen and oxygen atoms in total. The van der Waals surface area contributed by atoms with Gasteiger partial charge in [-0.05, 0) is 37.6 Å². The molecular weight excluding hydrogens is 302 g/mol. The smallest absolute Gasteiger partial charge is 0.269 e. The first-order chi connectivity index (χ1) is 11.6. The van der Waals surface area contributed by atoms with Crippen LogP contribution in [0.25, 0.3) is 22.8 Å². The van der Waals surface area contributed by atoms with Gasteiger partial charge in [-0.2, -0.15) is 5.10 Å². The lowest BCUT2D eigenvalue weighted by Gasteiger charge is -2.13. The third-order valence-electron chi connectivity index (χ3n) is 4.17. The molecule has 3 heterocycles. The van der Waals surface area contributed by atoms with Crippen LogP contribution in [-0.2, 0) is 6.54 Å². The molecule has 3 aromatic rings. The van der Waals surface area contributed by atoms with Crippen LogP contribution in [0, 0.1) is 13.8 Å². The molecule has 6 heteroatoms. The molecule has 2 aromatic heterocycles. The van der Waals surface area contributed by atoms with Gasteiger partial charge in [0.2, 0.25) is 0 Å². The Kier molecular flexibility index (Phi) is 3.37. The Labute approximate surface area is 139 Å². The fraction of sp³-hybridized carbons (Fsp3) is 0.222. The van der Waals surface area contributed by atoms with Crippen molar-refractivity contribution in [2.75, 3.05) is 6.54 Å². The number of aromatic nitrogens is 4. The maximum Gasteiger partial charge on any atom is 0.269 e. The molecule has 1 aliphatic rings. The lowest BCUT2D eigenvalue weighted by molar-refractivity contribution is 0.0924. The summed E-state index contributed by atoms with van der Waals surface area (Å²) in [5, 5.41) is 7.33. The van der Waals surface area contributed by atoms with Crippen LogP contribution in [0.4, 0.5) is 0 Å². The van der Waals surface area contributed by atoms with Crippen molar-refractivity contribution in [2.45, 2.75) is 20.4 Å². The van der Waals surface area contributed by atoms with Crippen LogP contribution < -0.4 is 5.32 Å². The van der Waals surface area contributed by atoms with E-state index in [4.69, 9.17) is 0 Å². The fourth-order valence-electron chi connectivity index (χ4n) is 2.87. The highest BCUT2D eigenvalue weighted by Crippen LogP contribution is 2.24. The summed E-state index contributed by atoms with van der Waals surface area (Å²) in [6.07, 6.45) is 1.73. The molecule has 0 saturated heterocycles. The second-order valence-corrected chi connectivity index (χ2v) is 5.98. The first-order valence-corrected chi connectivity index (χ1v) is 7.89. The summed E-state index contributed by atoms with van der Waals surface area (Å²) in [4.78, 5) is 21.0. The van der Waals surface area contributed by atoms with Crippen molar-refractivity contribution in [3.63, 3.8) is 0 Å². The molecule has 0 spiro atoms. The predicted octanol–water partition coefficient (Wildman–Crippen LogP) is 2.37. The van der Waals surface area contributed by atoms with Gasteiger partial charge in [0.1, 0.15) is 11.4 Å². The molecule has 0 bridgehead atoms. The van der Waals surface area contributed by atoms with E-state index in [2.05, 4.69) is 45.5 Å². The van der Waals surface area contributed by atoms with Gasteiger partial charge in [0, 0.05) is 18.3 Å². The van der Waals surface area contributed by atoms with Gasteiger partial charge in [-0.3, -0.25) is 9.48 Å². The number of aryl methyl sites for hydroxylation is 2. The van der Waals surface area contributed by atoms with E-state index in [0.717, 1.165) is 16.8 Å². The Morgan fingerprint density at radius 3 is 2.83 bits per heavy atom. The SMILES string of the molecule is Cc1ccc(C)c(-c2nccc(-c3cc4n(n3)CCNC4=O)n2)c1. The lowest BCUT2D eigenvalue weighted by atomic mass is 10.0. The number of hydrogen-bond donors (Lipinski definition) is 1. The highest BCUT2D eigenvalue weighted by atomic mass is 16.2. The molecule has 0 saturated carbocycles. The summed E-state index contributed by atoms with van der Waals surface area (Å²) in [6.45, 7) is 5.37.